The maximum absolute atomic E-state index is 13.3. The molecule has 2 aliphatic heterocycles. The molecule has 35 heavy (non-hydrogen) atoms. The Balaban J connectivity index is 1.44. The van der Waals surface area contributed by atoms with Gasteiger partial charge in [-0.1, -0.05) is 18.2 Å². The molecule has 3 heterocycles. The van der Waals surface area contributed by atoms with E-state index in [0.717, 1.165) is 39.0 Å². The van der Waals surface area contributed by atoms with Crippen molar-refractivity contribution >= 4 is 23.5 Å². The zero-order chi connectivity index (χ0) is 24.9. The highest BCUT2D eigenvalue weighted by atomic mass is 16.5. The molecule has 1 atom stereocenters. The summed E-state index contributed by atoms with van der Waals surface area (Å²) in [6.45, 7) is 10.6. The Kier molecular flexibility index (Phi) is 7.73. The van der Waals surface area contributed by atoms with E-state index in [0.29, 0.717) is 31.2 Å². The quantitative estimate of drug-likeness (QED) is 0.582. The van der Waals surface area contributed by atoms with Gasteiger partial charge < -0.3 is 24.2 Å². The number of nitrogens with zero attached hydrogens (tertiary/aromatic N) is 5. The van der Waals surface area contributed by atoms with Gasteiger partial charge in [0.15, 0.2) is 0 Å². The van der Waals surface area contributed by atoms with Crippen molar-refractivity contribution in [3.8, 4) is 5.88 Å². The van der Waals surface area contributed by atoms with Crippen molar-refractivity contribution in [2.24, 2.45) is 5.92 Å². The first-order valence-corrected chi connectivity index (χ1v) is 12.4. The average molecular weight is 482 g/mol. The van der Waals surface area contributed by atoms with Crippen molar-refractivity contribution < 1.29 is 19.1 Å². The fourth-order valence-corrected chi connectivity index (χ4v) is 5.03. The van der Waals surface area contributed by atoms with Crippen LogP contribution in [0.2, 0.25) is 0 Å². The van der Waals surface area contributed by atoms with Gasteiger partial charge in [-0.25, -0.2) is 4.98 Å². The minimum Gasteiger partial charge on any atom is -0.480 e. The summed E-state index contributed by atoms with van der Waals surface area (Å²) in [5.74, 6) is 0.0518. The van der Waals surface area contributed by atoms with Crippen LogP contribution in [0.5, 0.6) is 5.88 Å². The summed E-state index contributed by atoms with van der Waals surface area (Å²) in [5.41, 5.74) is 4.17. The summed E-state index contributed by atoms with van der Waals surface area (Å²) in [4.78, 5) is 40.7. The summed E-state index contributed by atoms with van der Waals surface area (Å²) in [6, 6.07) is 6.39. The summed E-state index contributed by atoms with van der Waals surface area (Å²) in [6.07, 6.45) is 3.03. The molecule has 9 nitrogen and oxygen atoms in total. The van der Waals surface area contributed by atoms with E-state index in [1.807, 2.05) is 0 Å². The number of aryl methyl sites for hydroxylation is 2. The molecule has 1 amide bonds. The number of aromatic nitrogens is 2. The lowest BCUT2D eigenvalue weighted by atomic mass is 9.97. The second-order valence-electron chi connectivity index (χ2n) is 9.15. The molecular weight excluding hydrogens is 446 g/mol. The lowest BCUT2D eigenvalue weighted by Gasteiger charge is -2.37. The molecule has 0 unspecified atom stereocenters. The fraction of sp³-hybridized carbons (Fsp3) is 0.538. The number of benzene rings is 1. The molecule has 188 valence electrons. The first-order valence-electron chi connectivity index (χ1n) is 12.4. The number of ether oxygens (including phenoxy) is 2. The van der Waals surface area contributed by atoms with Crippen LogP contribution in [0.15, 0.2) is 24.4 Å². The van der Waals surface area contributed by atoms with Gasteiger partial charge in [0, 0.05) is 51.2 Å². The van der Waals surface area contributed by atoms with Crippen LogP contribution in [0.25, 0.3) is 0 Å². The number of rotatable bonds is 6. The standard InChI is InChI=1S/C26H35N5O4/c1-5-35-25(33)20-10-7-11-31(17-20)24(32)21-16-27-26(28-23(21)34-4)30-14-12-29(13-15-30)22-18(2)8-6-9-19(22)3/h6,8-9,16,20H,5,7,10-15,17H2,1-4H3/t20-/m1/s1. The van der Waals surface area contributed by atoms with Crippen LogP contribution in [0.4, 0.5) is 11.6 Å². The van der Waals surface area contributed by atoms with E-state index in [2.05, 4.69) is 51.8 Å². The number of piperazine rings is 1. The largest absolute Gasteiger partial charge is 0.480 e. The summed E-state index contributed by atoms with van der Waals surface area (Å²) in [5, 5.41) is 0. The third-order valence-corrected chi connectivity index (χ3v) is 6.81. The number of hydrogen-bond donors (Lipinski definition) is 0. The van der Waals surface area contributed by atoms with Crippen molar-refractivity contribution in [1.29, 1.82) is 0 Å². The van der Waals surface area contributed by atoms with Crippen LogP contribution in [0.3, 0.4) is 0 Å². The highest BCUT2D eigenvalue weighted by molar-refractivity contribution is 5.96. The number of para-hydroxylation sites is 1. The van der Waals surface area contributed by atoms with E-state index >= 15 is 0 Å². The van der Waals surface area contributed by atoms with Crippen LogP contribution >= 0.6 is 0 Å². The molecule has 2 aromatic rings. The van der Waals surface area contributed by atoms with Gasteiger partial charge in [0.25, 0.3) is 5.91 Å². The van der Waals surface area contributed by atoms with Gasteiger partial charge in [-0.05, 0) is 44.7 Å². The number of piperidine rings is 1. The molecule has 4 rings (SSSR count). The molecule has 2 saturated heterocycles. The second-order valence-corrected chi connectivity index (χ2v) is 9.15. The second kappa shape index (κ2) is 10.9. The van der Waals surface area contributed by atoms with Crippen molar-refractivity contribution in [3.05, 3.63) is 41.1 Å². The van der Waals surface area contributed by atoms with Crippen molar-refractivity contribution in [2.75, 3.05) is 62.8 Å². The molecule has 2 fully saturated rings. The lowest BCUT2D eigenvalue weighted by molar-refractivity contribution is -0.149. The van der Waals surface area contributed by atoms with Gasteiger partial charge in [-0.3, -0.25) is 9.59 Å². The topological polar surface area (TPSA) is 88.1 Å². The van der Waals surface area contributed by atoms with E-state index in [9.17, 15) is 9.59 Å². The van der Waals surface area contributed by atoms with Crippen LogP contribution in [-0.4, -0.2) is 79.7 Å². The molecule has 0 saturated carbocycles. The number of carbonyl (C=O) groups excluding carboxylic acids is 2. The maximum Gasteiger partial charge on any atom is 0.310 e. The third-order valence-electron chi connectivity index (χ3n) is 6.81. The molecule has 9 heteroatoms. The molecule has 0 radical (unpaired) electrons. The van der Waals surface area contributed by atoms with E-state index in [1.165, 1.54) is 23.9 Å². The Morgan fingerprint density at radius 3 is 2.40 bits per heavy atom. The maximum atomic E-state index is 13.3. The van der Waals surface area contributed by atoms with Crippen LogP contribution in [-0.2, 0) is 9.53 Å². The Morgan fingerprint density at radius 2 is 1.74 bits per heavy atom. The number of carbonyl (C=O) groups is 2. The number of hydrogen-bond acceptors (Lipinski definition) is 8. The molecular formula is C26H35N5O4. The SMILES string of the molecule is CCOC(=O)[C@@H]1CCCN(C(=O)c2cnc(N3CCN(c4c(C)cccc4C)CC3)nc2OC)C1. The predicted molar refractivity (Wildman–Crippen MR) is 134 cm³/mol. The Hall–Kier alpha value is -3.36. The summed E-state index contributed by atoms with van der Waals surface area (Å²) >= 11 is 0. The van der Waals surface area contributed by atoms with Gasteiger partial charge in [0.05, 0.1) is 19.6 Å². The highest BCUT2D eigenvalue weighted by Crippen LogP contribution is 2.28. The highest BCUT2D eigenvalue weighted by Gasteiger charge is 2.32. The molecule has 1 aromatic heterocycles. The molecule has 0 N–H and O–H groups in total. The van der Waals surface area contributed by atoms with E-state index < -0.39 is 0 Å². The third kappa shape index (κ3) is 5.33. The summed E-state index contributed by atoms with van der Waals surface area (Å²) < 4.78 is 10.7. The lowest BCUT2D eigenvalue weighted by Crippen LogP contribution is -2.47. The minimum atomic E-state index is -0.299. The normalized spacial score (nSPS) is 18.4. The molecule has 2 aliphatic rings. The number of anilines is 2. The zero-order valence-electron chi connectivity index (χ0n) is 21.1. The smallest absolute Gasteiger partial charge is 0.310 e. The Labute approximate surface area is 207 Å². The number of methoxy groups -OCH3 is 1. The average Bonchev–Trinajstić information content (AvgIpc) is 2.88. The number of likely N-dealkylation sites (tertiary alicyclic amines) is 1. The van der Waals surface area contributed by atoms with E-state index in [1.54, 1.807) is 18.0 Å². The van der Waals surface area contributed by atoms with E-state index in [-0.39, 0.29) is 23.7 Å². The molecule has 0 bridgehead atoms. The molecule has 1 aromatic carbocycles. The first kappa shape index (κ1) is 24.8. The fourth-order valence-electron chi connectivity index (χ4n) is 5.03. The van der Waals surface area contributed by atoms with Gasteiger partial charge in [0.1, 0.15) is 5.56 Å². The van der Waals surface area contributed by atoms with Crippen LogP contribution in [0.1, 0.15) is 41.3 Å². The number of amides is 1. The Morgan fingerprint density at radius 1 is 1.06 bits per heavy atom. The van der Waals surface area contributed by atoms with Crippen LogP contribution in [0, 0.1) is 19.8 Å². The number of esters is 1. The van der Waals surface area contributed by atoms with Gasteiger partial charge in [0.2, 0.25) is 11.8 Å². The first-order chi connectivity index (χ1) is 16.9. The Bertz CT molecular complexity index is 1050. The minimum absolute atomic E-state index is 0.220. The van der Waals surface area contributed by atoms with Gasteiger partial charge >= 0.3 is 5.97 Å². The van der Waals surface area contributed by atoms with Crippen LogP contribution < -0.4 is 14.5 Å². The zero-order valence-corrected chi connectivity index (χ0v) is 21.1. The van der Waals surface area contributed by atoms with Gasteiger partial charge in [-0.15, -0.1) is 0 Å². The van der Waals surface area contributed by atoms with Crippen molar-refractivity contribution in [2.45, 2.75) is 33.6 Å². The molecule has 0 spiro atoms. The van der Waals surface area contributed by atoms with E-state index in [4.69, 9.17) is 9.47 Å². The molecule has 0 aliphatic carbocycles. The summed E-state index contributed by atoms with van der Waals surface area (Å²) in [7, 11) is 1.51. The van der Waals surface area contributed by atoms with Gasteiger partial charge in [-0.2, -0.15) is 4.98 Å². The monoisotopic (exact) mass is 481 g/mol. The van der Waals surface area contributed by atoms with Crippen molar-refractivity contribution in [3.63, 3.8) is 0 Å². The predicted octanol–water partition coefficient (Wildman–Crippen LogP) is 2.84. The van der Waals surface area contributed by atoms with Crippen molar-refractivity contribution in [1.82, 2.24) is 14.9 Å².